The molecule has 0 aliphatic heterocycles. The van der Waals surface area contributed by atoms with Gasteiger partial charge in [0.1, 0.15) is 11.0 Å². The summed E-state index contributed by atoms with van der Waals surface area (Å²) < 4.78 is 15.7. The molecule has 0 atom stereocenters. The molecule has 0 unspecified atom stereocenters. The van der Waals surface area contributed by atoms with E-state index >= 15 is 0 Å². The van der Waals surface area contributed by atoms with E-state index in [9.17, 15) is 9.18 Å². The summed E-state index contributed by atoms with van der Waals surface area (Å²) in [6.45, 7) is 0.558. The Morgan fingerprint density at radius 1 is 1.11 bits per heavy atom. The van der Waals surface area contributed by atoms with E-state index in [1.54, 1.807) is 30.6 Å². The smallest absolute Gasteiger partial charge is 0.230 e. The number of carbonyl (C=O) groups is 1. The lowest BCUT2D eigenvalue weighted by Gasteiger charge is -2.11. The van der Waals surface area contributed by atoms with Crippen molar-refractivity contribution in [2.24, 2.45) is 0 Å². The SMILES string of the molecule is O=C(Cc1cc2cc(F)ccc2n1Cc1ccncc1)Nc1ccc(Cl)nc1. The molecule has 0 bridgehead atoms. The van der Waals surface area contributed by atoms with Gasteiger partial charge >= 0.3 is 0 Å². The van der Waals surface area contributed by atoms with Gasteiger partial charge in [-0.1, -0.05) is 11.6 Å². The molecule has 4 rings (SSSR count). The Hall–Kier alpha value is -3.25. The first-order valence-electron chi connectivity index (χ1n) is 8.66. The lowest BCUT2D eigenvalue weighted by Crippen LogP contribution is -2.17. The third-order valence-electron chi connectivity index (χ3n) is 4.39. The zero-order valence-corrected chi connectivity index (χ0v) is 15.5. The molecule has 140 valence electrons. The molecule has 3 aromatic heterocycles. The van der Waals surface area contributed by atoms with Crippen LogP contribution >= 0.6 is 11.6 Å². The fraction of sp³-hybridized carbons (Fsp3) is 0.0952. The van der Waals surface area contributed by atoms with Gasteiger partial charge in [-0.15, -0.1) is 0 Å². The molecular weight excluding hydrogens is 379 g/mol. The minimum absolute atomic E-state index is 0.143. The fourth-order valence-corrected chi connectivity index (χ4v) is 3.23. The maximum absolute atomic E-state index is 13.7. The van der Waals surface area contributed by atoms with Crippen molar-refractivity contribution in [3.05, 3.63) is 89.3 Å². The number of nitrogens with zero attached hydrogens (tertiary/aromatic N) is 3. The zero-order valence-electron chi connectivity index (χ0n) is 14.8. The second-order valence-electron chi connectivity index (χ2n) is 6.37. The Labute approximate surface area is 165 Å². The van der Waals surface area contributed by atoms with Gasteiger partial charge in [0.05, 0.1) is 18.3 Å². The summed E-state index contributed by atoms with van der Waals surface area (Å²) in [4.78, 5) is 20.5. The lowest BCUT2D eigenvalue weighted by molar-refractivity contribution is -0.115. The number of anilines is 1. The Kier molecular flexibility index (Phi) is 5.04. The van der Waals surface area contributed by atoms with Crippen LogP contribution in [0, 0.1) is 5.82 Å². The van der Waals surface area contributed by atoms with E-state index in [-0.39, 0.29) is 18.1 Å². The number of halogens is 2. The summed E-state index contributed by atoms with van der Waals surface area (Å²) in [5, 5.41) is 3.92. The van der Waals surface area contributed by atoms with Crippen molar-refractivity contribution < 1.29 is 9.18 Å². The predicted molar refractivity (Wildman–Crippen MR) is 107 cm³/mol. The monoisotopic (exact) mass is 394 g/mol. The summed E-state index contributed by atoms with van der Waals surface area (Å²) in [6, 6.07) is 13.6. The van der Waals surface area contributed by atoms with Crippen molar-refractivity contribution in [1.29, 1.82) is 0 Å². The van der Waals surface area contributed by atoms with Gasteiger partial charge in [-0.2, -0.15) is 0 Å². The van der Waals surface area contributed by atoms with Gasteiger partial charge in [0.25, 0.3) is 0 Å². The number of nitrogens with one attached hydrogen (secondary N) is 1. The second kappa shape index (κ2) is 7.78. The highest BCUT2D eigenvalue weighted by Gasteiger charge is 2.14. The van der Waals surface area contributed by atoms with Crippen LogP contribution in [0.5, 0.6) is 0 Å². The number of aromatic nitrogens is 3. The van der Waals surface area contributed by atoms with Crippen LogP contribution in [0.4, 0.5) is 10.1 Å². The summed E-state index contributed by atoms with van der Waals surface area (Å²) >= 11 is 5.77. The lowest BCUT2D eigenvalue weighted by atomic mass is 10.2. The minimum Gasteiger partial charge on any atom is -0.340 e. The third-order valence-corrected chi connectivity index (χ3v) is 4.62. The third kappa shape index (κ3) is 4.02. The van der Waals surface area contributed by atoms with Gasteiger partial charge in [0.2, 0.25) is 5.91 Å². The first kappa shape index (κ1) is 18.1. The van der Waals surface area contributed by atoms with Crippen molar-refractivity contribution in [3.8, 4) is 0 Å². The van der Waals surface area contributed by atoms with E-state index in [0.717, 1.165) is 22.2 Å². The Bertz CT molecular complexity index is 1130. The highest BCUT2D eigenvalue weighted by atomic mass is 35.5. The molecule has 1 amide bonds. The van der Waals surface area contributed by atoms with Crippen LogP contribution in [0.25, 0.3) is 10.9 Å². The van der Waals surface area contributed by atoms with E-state index < -0.39 is 0 Å². The van der Waals surface area contributed by atoms with E-state index in [0.29, 0.717) is 17.4 Å². The molecule has 3 heterocycles. The van der Waals surface area contributed by atoms with Gasteiger partial charge in [-0.3, -0.25) is 9.78 Å². The number of amides is 1. The maximum atomic E-state index is 13.7. The summed E-state index contributed by atoms with van der Waals surface area (Å²) in [5.41, 5.74) is 3.27. The van der Waals surface area contributed by atoms with Gasteiger partial charge in [-0.05, 0) is 54.1 Å². The number of carbonyl (C=O) groups excluding carboxylic acids is 1. The topological polar surface area (TPSA) is 59.8 Å². The summed E-state index contributed by atoms with van der Waals surface area (Å²) in [6.07, 6.45) is 5.09. The van der Waals surface area contributed by atoms with Crippen molar-refractivity contribution >= 4 is 34.1 Å². The summed E-state index contributed by atoms with van der Waals surface area (Å²) in [5.74, 6) is -0.500. The van der Waals surface area contributed by atoms with Crippen LogP contribution in [0.15, 0.2) is 67.1 Å². The van der Waals surface area contributed by atoms with Crippen LogP contribution in [-0.4, -0.2) is 20.4 Å². The zero-order chi connectivity index (χ0) is 19.5. The molecule has 0 saturated heterocycles. The van der Waals surface area contributed by atoms with E-state index in [1.165, 1.54) is 18.3 Å². The minimum atomic E-state index is -0.309. The molecule has 5 nitrogen and oxygen atoms in total. The molecule has 1 aromatic carbocycles. The molecular formula is C21H16ClFN4O. The molecule has 7 heteroatoms. The first-order valence-corrected chi connectivity index (χ1v) is 9.04. The molecule has 28 heavy (non-hydrogen) atoms. The predicted octanol–water partition coefficient (Wildman–Crippen LogP) is 4.45. The van der Waals surface area contributed by atoms with Gasteiger partial charge in [0.15, 0.2) is 0 Å². The number of hydrogen-bond donors (Lipinski definition) is 1. The molecule has 0 saturated carbocycles. The Balaban J connectivity index is 1.64. The van der Waals surface area contributed by atoms with Crippen LogP contribution in [-0.2, 0) is 17.8 Å². The molecule has 1 N–H and O–H groups in total. The standard InChI is InChI=1S/C21H16ClFN4O/c22-20-4-2-17(12-25-20)26-21(28)11-18-10-15-9-16(23)1-3-19(15)27(18)13-14-5-7-24-8-6-14/h1-10,12H,11,13H2,(H,26,28). The van der Waals surface area contributed by atoms with Gasteiger partial charge < -0.3 is 9.88 Å². The number of rotatable bonds is 5. The average Bonchev–Trinajstić information content (AvgIpc) is 3.00. The van der Waals surface area contributed by atoms with Gasteiger partial charge in [-0.25, -0.2) is 9.37 Å². The van der Waals surface area contributed by atoms with Crippen molar-refractivity contribution in [3.63, 3.8) is 0 Å². The first-order chi connectivity index (χ1) is 13.6. The van der Waals surface area contributed by atoms with Crippen molar-refractivity contribution in [1.82, 2.24) is 14.5 Å². The largest absolute Gasteiger partial charge is 0.340 e. The van der Waals surface area contributed by atoms with Crippen LogP contribution < -0.4 is 5.32 Å². The maximum Gasteiger partial charge on any atom is 0.230 e. The van der Waals surface area contributed by atoms with Crippen LogP contribution in [0.1, 0.15) is 11.3 Å². The normalized spacial score (nSPS) is 10.9. The Morgan fingerprint density at radius 2 is 1.93 bits per heavy atom. The average molecular weight is 395 g/mol. The molecule has 0 radical (unpaired) electrons. The second-order valence-corrected chi connectivity index (χ2v) is 6.76. The highest BCUT2D eigenvalue weighted by molar-refractivity contribution is 6.29. The molecule has 0 aliphatic carbocycles. The van der Waals surface area contributed by atoms with Gasteiger partial charge in [0, 0.05) is 35.5 Å². The van der Waals surface area contributed by atoms with E-state index in [2.05, 4.69) is 15.3 Å². The number of hydrogen-bond acceptors (Lipinski definition) is 3. The highest BCUT2D eigenvalue weighted by Crippen LogP contribution is 2.23. The molecule has 4 aromatic rings. The van der Waals surface area contributed by atoms with Crippen molar-refractivity contribution in [2.45, 2.75) is 13.0 Å². The fourth-order valence-electron chi connectivity index (χ4n) is 3.12. The van der Waals surface area contributed by atoms with Crippen LogP contribution in [0.3, 0.4) is 0 Å². The number of fused-ring (bicyclic) bond motifs is 1. The number of pyridine rings is 2. The quantitative estimate of drug-likeness (QED) is 0.508. The molecule has 0 spiro atoms. The van der Waals surface area contributed by atoms with E-state index in [4.69, 9.17) is 11.6 Å². The Morgan fingerprint density at radius 3 is 2.68 bits per heavy atom. The molecule has 0 fully saturated rings. The van der Waals surface area contributed by atoms with E-state index in [1.807, 2.05) is 22.8 Å². The molecule has 0 aliphatic rings. The number of benzene rings is 1. The van der Waals surface area contributed by atoms with Crippen LogP contribution in [0.2, 0.25) is 5.15 Å². The van der Waals surface area contributed by atoms with Crippen molar-refractivity contribution in [2.75, 3.05) is 5.32 Å². The summed E-state index contributed by atoms with van der Waals surface area (Å²) in [7, 11) is 0.